The van der Waals surface area contributed by atoms with E-state index in [0.717, 1.165) is 24.4 Å². The number of hydrogen-bond donors (Lipinski definition) is 1. The summed E-state index contributed by atoms with van der Waals surface area (Å²) in [6.45, 7) is 7.04. The summed E-state index contributed by atoms with van der Waals surface area (Å²) in [6, 6.07) is 0.841. The van der Waals surface area contributed by atoms with E-state index in [4.69, 9.17) is 0 Å². The quantitative estimate of drug-likeness (QED) is 0.752. The van der Waals surface area contributed by atoms with Gasteiger partial charge in [-0.3, -0.25) is 0 Å². The van der Waals surface area contributed by atoms with Crippen LogP contribution in [0, 0.1) is 11.8 Å². The van der Waals surface area contributed by atoms with E-state index in [1.54, 1.807) is 0 Å². The van der Waals surface area contributed by atoms with E-state index in [1.807, 2.05) is 7.05 Å². The van der Waals surface area contributed by atoms with Gasteiger partial charge in [-0.05, 0) is 51.6 Å². The van der Waals surface area contributed by atoms with Gasteiger partial charge in [0.05, 0.1) is 0 Å². The number of nitrogens with zero attached hydrogens (tertiary/aromatic N) is 1. The molecule has 0 amide bonds. The predicted molar refractivity (Wildman–Crippen MR) is 67.1 cm³/mol. The first-order valence-corrected chi connectivity index (χ1v) is 6.50. The van der Waals surface area contributed by atoms with Gasteiger partial charge in [-0.15, -0.1) is 0 Å². The van der Waals surface area contributed by atoms with Crippen molar-refractivity contribution in [3.05, 3.63) is 0 Å². The van der Waals surface area contributed by atoms with Crippen LogP contribution in [0.2, 0.25) is 0 Å². The van der Waals surface area contributed by atoms with E-state index >= 15 is 0 Å². The van der Waals surface area contributed by atoms with Crippen LogP contribution in [0.15, 0.2) is 0 Å². The first-order valence-electron chi connectivity index (χ1n) is 6.50. The van der Waals surface area contributed by atoms with Crippen LogP contribution >= 0.6 is 0 Å². The molecule has 0 bridgehead atoms. The van der Waals surface area contributed by atoms with Gasteiger partial charge in [-0.25, -0.2) is 0 Å². The molecule has 0 heterocycles. The maximum atomic E-state index is 3.22. The molecule has 1 saturated carbocycles. The molecule has 1 fully saturated rings. The van der Waals surface area contributed by atoms with Crippen molar-refractivity contribution in [3.8, 4) is 0 Å². The molecule has 0 saturated heterocycles. The van der Waals surface area contributed by atoms with E-state index in [0.29, 0.717) is 0 Å². The Morgan fingerprint density at radius 1 is 1.20 bits per heavy atom. The van der Waals surface area contributed by atoms with Crippen molar-refractivity contribution in [2.45, 2.75) is 45.6 Å². The summed E-state index contributed by atoms with van der Waals surface area (Å²) >= 11 is 0. The SMILES string of the molecule is CNCCN(C)C1CCC(C(C)C)CC1. The van der Waals surface area contributed by atoms with E-state index < -0.39 is 0 Å². The molecule has 1 aliphatic rings. The van der Waals surface area contributed by atoms with Crippen molar-refractivity contribution in [2.75, 3.05) is 27.2 Å². The lowest BCUT2D eigenvalue weighted by atomic mass is 9.79. The number of likely N-dealkylation sites (N-methyl/N-ethyl adjacent to an activating group) is 2. The van der Waals surface area contributed by atoms with Crippen LogP contribution in [-0.2, 0) is 0 Å². The minimum atomic E-state index is 0.841. The minimum Gasteiger partial charge on any atom is -0.318 e. The summed E-state index contributed by atoms with van der Waals surface area (Å²) in [4.78, 5) is 2.53. The van der Waals surface area contributed by atoms with E-state index in [-0.39, 0.29) is 0 Å². The van der Waals surface area contributed by atoms with E-state index in [9.17, 15) is 0 Å². The first kappa shape index (κ1) is 13.0. The molecule has 1 N–H and O–H groups in total. The Morgan fingerprint density at radius 2 is 1.80 bits per heavy atom. The van der Waals surface area contributed by atoms with Crippen molar-refractivity contribution < 1.29 is 0 Å². The molecule has 0 spiro atoms. The Hall–Kier alpha value is -0.0800. The van der Waals surface area contributed by atoms with Crippen molar-refractivity contribution in [2.24, 2.45) is 11.8 Å². The summed E-state index contributed by atoms with van der Waals surface area (Å²) in [5, 5.41) is 3.22. The highest BCUT2D eigenvalue weighted by Crippen LogP contribution is 2.31. The fourth-order valence-electron chi connectivity index (χ4n) is 2.68. The fraction of sp³-hybridized carbons (Fsp3) is 1.00. The fourth-order valence-corrected chi connectivity index (χ4v) is 2.68. The van der Waals surface area contributed by atoms with Gasteiger partial charge >= 0.3 is 0 Å². The van der Waals surface area contributed by atoms with Gasteiger partial charge in [0.15, 0.2) is 0 Å². The summed E-state index contributed by atoms with van der Waals surface area (Å²) in [6.07, 6.45) is 5.69. The van der Waals surface area contributed by atoms with Gasteiger partial charge in [0.1, 0.15) is 0 Å². The number of hydrogen-bond acceptors (Lipinski definition) is 2. The third kappa shape index (κ3) is 4.12. The Morgan fingerprint density at radius 3 is 2.27 bits per heavy atom. The van der Waals surface area contributed by atoms with Gasteiger partial charge in [0, 0.05) is 19.1 Å². The number of nitrogens with one attached hydrogen (secondary N) is 1. The second-order valence-corrected chi connectivity index (χ2v) is 5.40. The van der Waals surface area contributed by atoms with Crippen molar-refractivity contribution in [3.63, 3.8) is 0 Å². The summed E-state index contributed by atoms with van der Waals surface area (Å²) in [5.41, 5.74) is 0. The first-order chi connectivity index (χ1) is 7.15. The van der Waals surface area contributed by atoms with Crippen LogP contribution in [0.3, 0.4) is 0 Å². The van der Waals surface area contributed by atoms with E-state index in [2.05, 4.69) is 31.1 Å². The van der Waals surface area contributed by atoms with Gasteiger partial charge in [0.25, 0.3) is 0 Å². The second kappa shape index (κ2) is 6.49. The summed E-state index contributed by atoms with van der Waals surface area (Å²) < 4.78 is 0. The minimum absolute atomic E-state index is 0.841. The van der Waals surface area contributed by atoms with Crippen molar-refractivity contribution in [1.82, 2.24) is 10.2 Å². The van der Waals surface area contributed by atoms with Gasteiger partial charge in [-0.1, -0.05) is 13.8 Å². The molecule has 0 aromatic heterocycles. The highest BCUT2D eigenvalue weighted by molar-refractivity contribution is 4.79. The predicted octanol–water partition coefficient (Wildman–Crippen LogP) is 2.35. The Kier molecular flexibility index (Phi) is 5.62. The monoisotopic (exact) mass is 212 g/mol. The lowest BCUT2D eigenvalue weighted by molar-refractivity contribution is 0.148. The Bertz CT molecular complexity index is 160. The Balaban J connectivity index is 2.24. The molecule has 90 valence electrons. The zero-order chi connectivity index (χ0) is 11.3. The van der Waals surface area contributed by atoms with Crippen LogP contribution in [-0.4, -0.2) is 38.1 Å². The Labute approximate surface area is 95.4 Å². The maximum absolute atomic E-state index is 3.22. The molecule has 1 rings (SSSR count). The third-order valence-corrected chi connectivity index (χ3v) is 4.02. The molecule has 2 heteroatoms. The van der Waals surface area contributed by atoms with Gasteiger partial charge < -0.3 is 10.2 Å². The van der Waals surface area contributed by atoms with Crippen LogP contribution in [0.1, 0.15) is 39.5 Å². The van der Waals surface area contributed by atoms with Crippen LogP contribution in [0.4, 0.5) is 0 Å². The molecule has 1 aliphatic carbocycles. The maximum Gasteiger partial charge on any atom is 0.0107 e. The van der Waals surface area contributed by atoms with Crippen molar-refractivity contribution in [1.29, 1.82) is 0 Å². The van der Waals surface area contributed by atoms with Gasteiger partial charge in [-0.2, -0.15) is 0 Å². The third-order valence-electron chi connectivity index (χ3n) is 4.02. The molecule has 0 radical (unpaired) electrons. The average Bonchev–Trinajstić information content (AvgIpc) is 2.26. The topological polar surface area (TPSA) is 15.3 Å². The van der Waals surface area contributed by atoms with Crippen LogP contribution in [0.5, 0.6) is 0 Å². The molecule has 0 unspecified atom stereocenters. The van der Waals surface area contributed by atoms with Crippen molar-refractivity contribution >= 4 is 0 Å². The van der Waals surface area contributed by atoms with Crippen LogP contribution < -0.4 is 5.32 Å². The molecule has 0 aromatic carbocycles. The highest BCUT2D eigenvalue weighted by Gasteiger charge is 2.25. The second-order valence-electron chi connectivity index (χ2n) is 5.40. The zero-order valence-corrected chi connectivity index (χ0v) is 10.9. The summed E-state index contributed by atoms with van der Waals surface area (Å²) in [5.74, 6) is 1.87. The average molecular weight is 212 g/mol. The lowest BCUT2D eigenvalue weighted by Gasteiger charge is -2.36. The van der Waals surface area contributed by atoms with E-state index in [1.165, 1.54) is 32.2 Å². The largest absolute Gasteiger partial charge is 0.318 e. The molecule has 2 nitrogen and oxygen atoms in total. The molecular formula is C13H28N2. The molecular weight excluding hydrogens is 184 g/mol. The lowest BCUT2D eigenvalue weighted by Crippen LogP contribution is -2.39. The van der Waals surface area contributed by atoms with Crippen LogP contribution in [0.25, 0.3) is 0 Å². The molecule has 0 atom stereocenters. The molecule has 0 aliphatic heterocycles. The number of rotatable bonds is 5. The normalized spacial score (nSPS) is 27.6. The zero-order valence-electron chi connectivity index (χ0n) is 10.9. The summed E-state index contributed by atoms with van der Waals surface area (Å²) in [7, 11) is 4.31. The smallest absolute Gasteiger partial charge is 0.0107 e. The standard InChI is InChI=1S/C13H28N2/c1-11(2)12-5-7-13(8-6-12)15(4)10-9-14-3/h11-14H,5-10H2,1-4H3. The van der Waals surface area contributed by atoms with Gasteiger partial charge in [0.2, 0.25) is 0 Å². The molecule has 0 aromatic rings. The highest BCUT2D eigenvalue weighted by atomic mass is 15.1. The molecule has 15 heavy (non-hydrogen) atoms.